The van der Waals surface area contributed by atoms with Gasteiger partial charge >= 0.3 is 5.97 Å². The number of benzene rings is 1. The Balaban J connectivity index is 1.61. The molecule has 2 aromatic rings. The molecule has 3 rings (SSSR count). The third-order valence-electron chi connectivity index (χ3n) is 4.33. The van der Waals surface area contributed by atoms with E-state index in [0.717, 1.165) is 23.7 Å². The van der Waals surface area contributed by atoms with Gasteiger partial charge < -0.3 is 15.4 Å². The van der Waals surface area contributed by atoms with E-state index in [1.807, 2.05) is 24.3 Å². The van der Waals surface area contributed by atoms with Crippen LogP contribution in [-0.4, -0.2) is 52.2 Å². The smallest absolute Gasteiger partial charge is 0.310 e. The Morgan fingerprint density at radius 1 is 1.35 bits per heavy atom. The van der Waals surface area contributed by atoms with Crippen LogP contribution in [0, 0.1) is 5.92 Å². The lowest BCUT2D eigenvalue weighted by molar-refractivity contribution is -0.151. The quantitative estimate of drug-likeness (QED) is 0.486. The van der Waals surface area contributed by atoms with Crippen molar-refractivity contribution in [2.45, 2.75) is 24.9 Å². The fourth-order valence-corrected chi connectivity index (χ4v) is 3.78. The van der Waals surface area contributed by atoms with Gasteiger partial charge in [-0.3, -0.25) is 9.59 Å². The molecule has 1 aliphatic heterocycles. The fraction of sp³-hybridized carbons (Fsp3) is 0.444. The molecule has 1 atom stereocenters. The van der Waals surface area contributed by atoms with Gasteiger partial charge in [-0.15, -0.1) is 0 Å². The van der Waals surface area contributed by atoms with Crippen molar-refractivity contribution in [1.29, 1.82) is 0 Å². The Labute approximate surface area is 156 Å². The molecule has 138 valence electrons. The van der Waals surface area contributed by atoms with Gasteiger partial charge in [0.2, 0.25) is 5.91 Å². The zero-order valence-corrected chi connectivity index (χ0v) is 15.5. The van der Waals surface area contributed by atoms with Gasteiger partial charge in [0.05, 0.1) is 23.8 Å². The molecule has 0 aliphatic carbocycles. The SMILES string of the molecule is CCOC(=O)[C@@H]1CCCN(C(=O)CSc2nc(N)c3ccccc3n2)C1. The number of nitrogen functional groups attached to an aromatic ring is 1. The topological polar surface area (TPSA) is 98.4 Å². The molecule has 1 fully saturated rings. The lowest BCUT2D eigenvalue weighted by Gasteiger charge is -2.31. The number of anilines is 1. The van der Waals surface area contributed by atoms with Crippen LogP contribution in [0.5, 0.6) is 0 Å². The lowest BCUT2D eigenvalue weighted by Crippen LogP contribution is -2.43. The van der Waals surface area contributed by atoms with Crippen LogP contribution in [0.1, 0.15) is 19.8 Å². The fourth-order valence-electron chi connectivity index (χ4n) is 3.02. The van der Waals surface area contributed by atoms with Gasteiger partial charge in [0.25, 0.3) is 0 Å². The molecule has 0 radical (unpaired) electrons. The van der Waals surface area contributed by atoms with Gasteiger partial charge in [-0.25, -0.2) is 9.97 Å². The largest absolute Gasteiger partial charge is 0.466 e. The Morgan fingerprint density at radius 3 is 2.96 bits per heavy atom. The van der Waals surface area contributed by atoms with E-state index in [0.29, 0.717) is 30.7 Å². The van der Waals surface area contributed by atoms with E-state index in [1.165, 1.54) is 11.8 Å². The van der Waals surface area contributed by atoms with Crippen LogP contribution in [0.3, 0.4) is 0 Å². The van der Waals surface area contributed by atoms with E-state index in [9.17, 15) is 9.59 Å². The minimum atomic E-state index is -0.231. The van der Waals surface area contributed by atoms with E-state index in [-0.39, 0.29) is 23.5 Å². The van der Waals surface area contributed by atoms with E-state index < -0.39 is 0 Å². The number of hydrogen-bond donors (Lipinski definition) is 1. The molecule has 1 saturated heterocycles. The summed E-state index contributed by atoms with van der Waals surface area (Å²) in [6.45, 7) is 3.23. The minimum Gasteiger partial charge on any atom is -0.466 e. The first-order chi connectivity index (χ1) is 12.6. The molecule has 0 unspecified atom stereocenters. The Morgan fingerprint density at radius 2 is 2.15 bits per heavy atom. The average molecular weight is 374 g/mol. The highest BCUT2D eigenvalue weighted by atomic mass is 32.2. The van der Waals surface area contributed by atoms with Crippen molar-refractivity contribution < 1.29 is 14.3 Å². The third-order valence-corrected chi connectivity index (χ3v) is 5.16. The van der Waals surface area contributed by atoms with Gasteiger partial charge in [0.1, 0.15) is 5.82 Å². The third kappa shape index (κ3) is 4.24. The first kappa shape index (κ1) is 18.4. The monoisotopic (exact) mass is 374 g/mol. The van der Waals surface area contributed by atoms with Crippen molar-refractivity contribution in [1.82, 2.24) is 14.9 Å². The number of amides is 1. The molecule has 26 heavy (non-hydrogen) atoms. The standard InChI is InChI=1S/C18H22N4O3S/c1-2-25-17(24)12-6-5-9-22(10-12)15(23)11-26-18-20-14-8-4-3-7-13(14)16(19)21-18/h3-4,7-8,12H,2,5-6,9-11H2,1H3,(H2,19,20,21)/t12-/m1/s1. The zero-order chi connectivity index (χ0) is 18.5. The van der Waals surface area contributed by atoms with Crippen LogP contribution >= 0.6 is 11.8 Å². The predicted molar refractivity (Wildman–Crippen MR) is 101 cm³/mol. The summed E-state index contributed by atoms with van der Waals surface area (Å²) in [6, 6.07) is 7.51. The second-order valence-corrected chi connectivity index (χ2v) is 7.07. The molecule has 2 N–H and O–H groups in total. The number of fused-ring (bicyclic) bond motifs is 1. The average Bonchev–Trinajstić information content (AvgIpc) is 2.66. The van der Waals surface area contributed by atoms with Crippen LogP contribution < -0.4 is 5.73 Å². The van der Waals surface area contributed by atoms with Gasteiger partial charge in [-0.1, -0.05) is 23.9 Å². The molecule has 0 saturated carbocycles. The van der Waals surface area contributed by atoms with Crippen molar-refractivity contribution in [2.75, 3.05) is 31.2 Å². The molecular formula is C18H22N4O3S. The lowest BCUT2D eigenvalue weighted by atomic mass is 9.98. The summed E-state index contributed by atoms with van der Waals surface area (Å²) < 4.78 is 5.08. The number of hydrogen-bond acceptors (Lipinski definition) is 7. The number of nitrogens with zero attached hydrogens (tertiary/aromatic N) is 3. The summed E-state index contributed by atoms with van der Waals surface area (Å²) in [5.41, 5.74) is 6.73. The number of aromatic nitrogens is 2. The maximum Gasteiger partial charge on any atom is 0.310 e. The van der Waals surface area contributed by atoms with Crippen LogP contribution in [0.25, 0.3) is 10.9 Å². The second kappa shape index (κ2) is 8.35. The Kier molecular flexibility index (Phi) is 5.92. The Bertz CT molecular complexity index is 814. The van der Waals surface area contributed by atoms with Gasteiger partial charge in [0, 0.05) is 18.5 Å². The molecule has 2 heterocycles. The number of carbonyl (C=O) groups excluding carboxylic acids is 2. The molecule has 0 bridgehead atoms. The normalized spacial score (nSPS) is 17.3. The van der Waals surface area contributed by atoms with Crippen molar-refractivity contribution in [2.24, 2.45) is 5.92 Å². The summed E-state index contributed by atoms with van der Waals surface area (Å²) >= 11 is 1.26. The molecule has 0 spiro atoms. The number of nitrogens with two attached hydrogens (primary N) is 1. The maximum absolute atomic E-state index is 12.5. The number of thioether (sulfide) groups is 1. The second-order valence-electron chi connectivity index (χ2n) is 6.13. The van der Waals surface area contributed by atoms with Gasteiger partial charge in [0.15, 0.2) is 5.16 Å². The van der Waals surface area contributed by atoms with Crippen molar-refractivity contribution in [3.8, 4) is 0 Å². The molecule has 7 nitrogen and oxygen atoms in total. The number of para-hydroxylation sites is 1. The minimum absolute atomic E-state index is 0.0284. The highest BCUT2D eigenvalue weighted by Crippen LogP contribution is 2.24. The zero-order valence-electron chi connectivity index (χ0n) is 14.7. The van der Waals surface area contributed by atoms with Crippen LogP contribution in [0.4, 0.5) is 5.82 Å². The summed E-state index contributed by atoms with van der Waals surface area (Å²) in [6.07, 6.45) is 1.57. The number of piperidine rings is 1. The number of esters is 1. The predicted octanol–water partition coefficient (Wildman–Crippen LogP) is 2.11. The highest BCUT2D eigenvalue weighted by molar-refractivity contribution is 7.99. The Hall–Kier alpha value is -2.35. The van der Waals surface area contributed by atoms with Crippen molar-refractivity contribution in [3.05, 3.63) is 24.3 Å². The molecular weight excluding hydrogens is 352 g/mol. The summed E-state index contributed by atoms with van der Waals surface area (Å²) in [7, 11) is 0. The van der Waals surface area contributed by atoms with E-state index >= 15 is 0 Å². The maximum atomic E-state index is 12.5. The summed E-state index contributed by atoms with van der Waals surface area (Å²) in [5.74, 6) is 0.145. The number of ether oxygens (including phenoxy) is 1. The number of likely N-dealkylation sites (tertiary alicyclic amines) is 1. The van der Waals surface area contributed by atoms with Crippen molar-refractivity contribution in [3.63, 3.8) is 0 Å². The summed E-state index contributed by atoms with van der Waals surface area (Å²) in [4.78, 5) is 34.9. The van der Waals surface area contributed by atoms with Crippen molar-refractivity contribution >= 4 is 40.4 Å². The van der Waals surface area contributed by atoms with E-state index in [2.05, 4.69) is 9.97 Å². The first-order valence-electron chi connectivity index (χ1n) is 8.68. The van der Waals surface area contributed by atoms with Crippen LogP contribution in [-0.2, 0) is 14.3 Å². The van der Waals surface area contributed by atoms with Crippen LogP contribution in [0.15, 0.2) is 29.4 Å². The van der Waals surface area contributed by atoms with Gasteiger partial charge in [-0.2, -0.15) is 0 Å². The molecule has 1 aromatic carbocycles. The molecule has 1 amide bonds. The van der Waals surface area contributed by atoms with E-state index in [4.69, 9.17) is 10.5 Å². The number of rotatable bonds is 5. The number of carbonyl (C=O) groups is 2. The highest BCUT2D eigenvalue weighted by Gasteiger charge is 2.29. The molecule has 8 heteroatoms. The summed E-state index contributed by atoms with van der Waals surface area (Å²) in [5, 5.41) is 1.28. The van der Waals surface area contributed by atoms with Gasteiger partial charge in [-0.05, 0) is 31.9 Å². The van der Waals surface area contributed by atoms with Crippen LogP contribution in [0.2, 0.25) is 0 Å². The molecule has 1 aliphatic rings. The molecule has 1 aromatic heterocycles. The first-order valence-corrected chi connectivity index (χ1v) is 9.66. The van der Waals surface area contributed by atoms with E-state index in [1.54, 1.807) is 11.8 Å².